The lowest BCUT2D eigenvalue weighted by Gasteiger charge is -2.23. The van der Waals surface area contributed by atoms with Crippen LogP contribution in [-0.2, 0) is 25.7 Å². The molecule has 0 saturated heterocycles. The molecule has 26 heavy (non-hydrogen) atoms. The minimum absolute atomic E-state index is 0.0864. The third kappa shape index (κ3) is 4.09. The van der Waals surface area contributed by atoms with Gasteiger partial charge < -0.3 is 19.8 Å². The van der Waals surface area contributed by atoms with Crippen LogP contribution in [0.5, 0.6) is 0 Å². The summed E-state index contributed by atoms with van der Waals surface area (Å²) >= 11 is 0. The predicted molar refractivity (Wildman–Crippen MR) is 89.6 cm³/mol. The summed E-state index contributed by atoms with van der Waals surface area (Å²) in [6.07, 6.45) is -1.94. The van der Waals surface area contributed by atoms with Crippen LogP contribution < -0.4 is 5.32 Å². The van der Waals surface area contributed by atoms with E-state index >= 15 is 0 Å². The third-order valence-corrected chi connectivity index (χ3v) is 4.51. The molecule has 1 atom stereocenters. The zero-order valence-electron chi connectivity index (χ0n) is 14.7. The number of carbonyl (C=O) groups excluding carboxylic acids is 1. The largest absolute Gasteiger partial charge is 0.434 e. The van der Waals surface area contributed by atoms with Crippen LogP contribution in [0.2, 0.25) is 0 Å². The van der Waals surface area contributed by atoms with Gasteiger partial charge in [-0.1, -0.05) is 0 Å². The summed E-state index contributed by atoms with van der Waals surface area (Å²) in [6.45, 7) is 1.79. The zero-order valence-corrected chi connectivity index (χ0v) is 14.7. The second-order valence-corrected chi connectivity index (χ2v) is 6.82. The predicted octanol–water partition coefficient (Wildman–Crippen LogP) is 2.28. The van der Waals surface area contributed by atoms with Crippen LogP contribution in [0.25, 0.3) is 0 Å². The van der Waals surface area contributed by atoms with Crippen molar-refractivity contribution in [3.8, 4) is 0 Å². The second-order valence-electron chi connectivity index (χ2n) is 6.82. The first-order chi connectivity index (χ1) is 12.2. The number of hydrogen-bond acceptors (Lipinski definition) is 3. The summed E-state index contributed by atoms with van der Waals surface area (Å²) in [4.78, 5) is 20.1. The average Bonchev–Trinajstić information content (AvgIpc) is 3.19. The van der Waals surface area contributed by atoms with Crippen molar-refractivity contribution in [3.63, 3.8) is 0 Å². The van der Waals surface area contributed by atoms with Crippen LogP contribution in [0.1, 0.15) is 34.1 Å². The fourth-order valence-corrected chi connectivity index (χ4v) is 3.14. The van der Waals surface area contributed by atoms with E-state index < -0.39 is 11.9 Å². The van der Waals surface area contributed by atoms with Crippen LogP contribution in [0.3, 0.4) is 0 Å². The van der Waals surface area contributed by atoms with E-state index in [2.05, 4.69) is 15.3 Å². The van der Waals surface area contributed by atoms with Crippen molar-refractivity contribution in [2.24, 2.45) is 5.92 Å². The third-order valence-electron chi connectivity index (χ3n) is 4.51. The SMILES string of the molecule is CN(C)C(=O)c1ccc(CNC[C@H]2CCc3nc(C(F)(F)F)cn3C2)[nH]1. The van der Waals surface area contributed by atoms with E-state index in [-0.39, 0.29) is 11.8 Å². The van der Waals surface area contributed by atoms with Crippen LogP contribution in [0.15, 0.2) is 18.3 Å². The normalized spacial score (nSPS) is 17.2. The van der Waals surface area contributed by atoms with Crippen LogP contribution in [0, 0.1) is 5.92 Å². The summed E-state index contributed by atoms with van der Waals surface area (Å²) < 4.78 is 39.9. The summed E-state index contributed by atoms with van der Waals surface area (Å²) in [5, 5.41) is 3.31. The minimum atomic E-state index is -4.40. The standard InChI is InChI=1S/C17H22F3N5O/c1-24(2)16(26)13-5-4-12(22-13)8-21-7-11-3-6-15-23-14(17(18,19)20)10-25(15)9-11/h4-5,10-11,21-22H,3,6-9H2,1-2H3/t11-/m1/s1. The average molecular weight is 369 g/mol. The second kappa shape index (κ2) is 7.14. The molecule has 9 heteroatoms. The number of aromatic nitrogens is 3. The minimum Gasteiger partial charge on any atom is -0.353 e. The highest BCUT2D eigenvalue weighted by molar-refractivity contribution is 5.92. The summed E-state index contributed by atoms with van der Waals surface area (Å²) in [5.74, 6) is 0.664. The Morgan fingerprint density at radius 3 is 2.88 bits per heavy atom. The molecule has 1 amide bonds. The first-order valence-electron chi connectivity index (χ1n) is 8.47. The number of nitrogens with zero attached hydrogens (tertiary/aromatic N) is 3. The van der Waals surface area contributed by atoms with Gasteiger partial charge in [0.05, 0.1) is 0 Å². The molecule has 0 aromatic carbocycles. The molecule has 1 aliphatic rings. The van der Waals surface area contributed by atoms with Crippen LogP contribution >= 0.6 is 0 Å². The van der Waals surface area contributed by atoms with Crippen LogP contribution in [-0.4, -0.2) is 46.0 Å². The number of imidazole rings is 1. The molecule has 0 bridgehead atoms. The molecule has 2 aromatic rings. The highest BCUT2D eigenvalue weighted by Gasteiger charge is 2.35. The molecular weight excluding hydrogens is 347 g/mol. The van der Waals surface area contributed by atoms with E-state index in [0.29, 0.717) is 37.6 Å². The van der Waals surface area contributed by atoms with Crippen molar-refractivity contribution in [2.45, 2.75) is 32.1 Å². The number of alkyl halides is 3. The fourth-order valence-electron chi connectivity index (χ4n) is 3.14. The molecule has 2 aromatic heterocycles. The maximum atomic E-state index is 12.8. The van der Waals surface area contributed by atoms with E-state index in [4.69, 9.17) is 0 Å². The van der Waals surface area contributed by atoms with Gasteiger partial charge in [0.15, 0.2) is 5.69 Å². The lowest BCUT2D eigenvalue weighted by atomic mass is 9.99. The molecule has 3 heterocycles. The van der Waals surface area contributed by atoms with E-state index in [0.717, 1.165) is 18.3 Å². The highest BCUT2D eigenvalue weighted by atomic mass is 19.4. The summed E-state index contributed by atoms with van der Waals surface area (Å²) in [6, 6.07) is 3.60. The molecule has 142 valence electrons. The Kier molecular flexibility index (Phi) is 5.08. The molecular formula is C17H22F3N5O. The van der Waals surface area contributed by atoms with Crippen molar-refractivity contribution in [2.75, 3.05) is 20.6 Å². The van der Waals surface area contributed by atoms with Gasteiger partial charge >= 0.3 is 6.18 Å². The number of carbonyl (C=O) groups is 1. The Bertz CT molecular complexity index is 778. The molecule has 0 unspecified atom stereocenters. The number of amides is 1. The number of fused-ring (bicyclic) bond motifs is 1. The number of hydrogen-bond donors (Lipinski definition) is 2. The Labute approximate surface area is 149 Å². The van der Waals surface area contributed by atoms with Gasteiger partial charge in [-0.05, 0) is 24.5 Å². The zero-order chi connectivity index (χ0) is 18.9. The molecule has 6 nitrogen and oxygen atoms in total. The molecule has 0 aliphatic carbocycles. The Morgan fingerprint density at radius 2 is 2.19 bits per heavy atom. The van der Waals surface area contributed by atoms with Gasteiger partial charge in [-0.25, -0.2) is 4.98 Å². The molecule has 0 radical (unpaired) electrons. The van der Waals surface area contributed by atoms with Crippen LogP contribution in [0.4, 0.5) is 13.2 Å². The van der Waals surface area contributed by atoms with E-state index in [9.17, 15) is 18.0 Å². The quantitative estimate of drug-likeness (QED) is 0.850. The van der Waals surface area contributed by atoms with Crippen molar-refractivity contribution >= 4 is 5.91 Å². The van der Waals surface area contributed by atoms with Crippen molar-refractivity contribution in [3.05, 3.63) is 41.2 Å². The van der Waals surface area contributed by atoms with Gasteiger partial charge in [0.1, 0.15) is 11.5 Å². The Balaban J connectivity index is 1.51. The molecule has 2 N–H and O–H groups in total. The number of halogens is 3. The smallest absolute Gasteiger partial charge is 0.353 e. The molecule has 1 aliphatic heterocycles. The highest BCUT2D eigenvalue weighted by Crippen LogP contribution is 2.30. The van der Waals surface area contributed by atoms with Crippen molar-refractivity contribution in [1.29, 1.82) is 0 Å². The van der Waals surface area contributed by atoms with Crippen molar-refractivity contribution < 1.29 is 18.0 Å². The summed E-state index contributed by atoms with van der Waals surface area (Å²) in [7, 11) is 3.39. The topological polar surface area (TPSA) is 66.0 Å². The van der Waals surface area contributed by atoms with E-state index in [1.54, 1.807) is 24.7 Å². The molecule has 0 spiro atoms. The van der Waals surface area contributed by atoms with Gasteiger partial charge in [0, 0.05) is 52.0 Å². The maximum absolute atomic E-state index is 12.8. The summed E-state index contributed by atoms with van der Waals surface area (Å²) in [5.41, 5.74) is 0.617. The van der Waals surface area contributed by atoms with Gasteiger partial charge in [-0.2, -0.15) is 13.2 Å². The number of nitrogens with one attached hydrogen (secondary N) is 2. The van der Waals surface area contributed by atoms with E-state index in [1.807, 2.05) is 6.07 Å². The first kappa shape index (κ1) is 18.5. The number of aryl methyl sites for hydroxylation is 1. The molecule has 0 fully saturated rings. The number of H-pyrrole nitrogens is 1. The first-order valence-corrected chi connectivity index (χ1v) is 8.47. The van der Waals surface area contributed by atoms with Gasteiger partial charge in [-0.15, -0.1) is 0 Å². The van der Waals surface area contributed by atoms with E-state index in [1.165, 1.54) is 4.90 Å². The monoisotopic (exact) mass is 369 g/mol. The van der Waals surface area contributed by atoms with Gasteiger partial charge in [-0.3, -0.25) is 4.79 Å². The molecule has 0 saturated carbocycles. The lowest BCUT2D eigenvalue weighted by molar-refractivity contribution is -0.141. The maximum Gasteiger partial charge on any atom is 0.434 e. The fraction of sp³-hybridized carbons (Fsp3) is 0.529. The number of rotatable bonds is 5. The number of aromatic amines is 1. The van der Waals surface area contributed by atoms with Gasteiger partial charge in [0.2, 0.25) is 0 Å². The lowest BCUT2D eigenvalue weighted by Crippen LogP contribution is -2.29. The van der Waals surface area contributed by atoms with Crippen molar-refractivity contribution in [1.82, 2.24) is 24.8 Å². The molecule has 3 rings (SSSR count). The Hall–Kier alpha value is -2.29. The van der Waals surface area contributed by atoms with Gasteiger partial charge in [0.25, 0.3) is 5.91 Å². The Morgan fingerprint density at radius 1 is 1.42 bits per heavy atom.